The molecule has 0 saturated carbocycles. The quantitative estimate of drug-likeness (QED) is 0.657. The van der Waals surface area contributed by atoms with Crippen molar-refractivity contribution in [1.29, 1.82) is 0 Å². The summed E-state index contributed by atoms with van der Waals surface area (Å²) in [7, 11) is 1.50. The molecule has 0 fully saturated rings. The Kier molecular flexibility index (Phi) is 7.37. The largest absolute Gasteiger partial charge is 0.496 e. The summed E-state index contributed by atoms with van der Waals surface area (Å²) in [5.74, 6) is -0.857. The molecule has 0 saturated heterocycles. The van der Waals surface area contributed by atoms with E-state index in [1.807, 2.05) is 0 Å². The van der Waals surface area contributed by atoms with Crippen LogP contribution in [0.4, 0.5) is 4.79 Å². The maximum atomic E-state index is 12.1. The smallest absolute Gasteiger partial charge is 0.408 e. The zero-order chi connectivity index (χ0) is 19.6. The first-order chi connectivity index (χ1) is 13.0. The zero-order valence-electron chi connectivity index (χ0n) is 14.9. The third-order valence-electron chi connectivity index (χ3n) is 3.90. The third kappa shape index (κ3) is 6.14. The zero-order valence-corrected chi connectivity index (χ0v) is 14.9. The number of carbonyl (C=O) groups is 3. The van der Waals surface area contributed by atoms with Crippen LogP contribution < -0.4 is 10.1 Å². The topological polar surface area (TPSA) is 102 Å². The molecular weight excluding hydrogens is 350 g/mol. The average molecular weight is 371 g/mol. The molecule has 0 aliphatic rings. The summed E-state index contributed by atoms with van der Waals surface area (Å²) in [6.45, 7) is -0.0644. The van der Waals surface area contributed by atoms with E-state index in [-0.39, 0.29) is 25.2 Å². The van der Waals surface area contributed by atoms with Crippen molar-refractivity contribution in [1.82, 2.24) is 5.32 Å². The van der Waals surface area contributed by atoms with E-state index in [1.165, 1.54) is 7.11 Å². The highest BCUT2D eigenvalue weighted by Crippen LogP contribution is 2.18. The van der Waals surface area contributed by atoms with Crippen LogP contribution in [-0.4, -0.2) is 36.1 Å². The van der Waals surface area contributed by atoms with Gasteiger partial charge in [0.15, 0.2) is 5.78 Å². The standard InChI is InChI=1S/C20H21NO6/c1-26-18-10-6-5-9-15(18)13-27-20(25)21-16(19(23)24)11-12-17(22)14-7-3-2-4-8-14/h2-10,16H,11-13H2,1H3,(H,21,25)(H,23,24). The number of amides is 1. The van der Waals surface area contributed by atoms with E-state index < -0.39 is 18.1 Å². The Bertz CT molecular complexity index is 790. The minimum Gasteiger partial charge on any atom is -0.496 e. The van der Waals surface area contributed by atoms with Crippen molar-refractivity contribution in [3.8, 4) is 5.75 Å². The van der Waals surface area contributed by atoms with Crippen LogP contribution in [0.5, 0.6) is 5.75 Å². The number of methoxy groups -OCH3 is 1. The van der Waals surface area contributed by atoms with E-state index in [4.69, 9.17) is 9.47 Å². The Morgan fingerprint density at radius 2 is 1.70 bits per heavy atom. The fourth-order valence-electron chi connectivity index (χ4n) is 2.45. The van der Waals surface area contributed by atoms with Crippen molar-refractivity contribution in [2.45, 2.75) is 25.5 Å². The van der Waals surface area contributed by atoms with Gasteiger partial charge >= 0.3 is 12.1 Å². The van der Waals surface area contributed by atoms with Gasteiger partial charge in [-0.25, -0.2) is 9.59 Å². The molecule has 0 aliphatic heterocycles. The lowest BCUT2D eigenvalue weighted by atomic mass is 10.0. The fourth-order valence-corrected chi connectivity index (χ4v) is 2.45. The van der Waals surface area contributed by atoms with Crippen molar-refractivity contribution < 1.29 is 29.0 Å². The van der Waals surface area contributed by atoms with E-state index >= 15 is 0 Å². The highest BCUT2D eigenvalue weighted by Gasteiger charge is 2.22. The third-order valence-corrected chi connectivity index (χ3v) is 3.90. The van der Waals surface area contributed by atoms with Crippen molar-refractivity contribution in [2.75, 3.05) is 7.11 Å². The second kappa shape index (κ2) is 9.96. The lowest BCUT2D eigenvalue weighted by Gasteiger charge is -2.15. The first-order valence-electron chi connectivity index (χ1n) is 8.37. The molecule has 7 nitrogen and oxygen atoms in total. The summed E-state index contributed by atoms with van der Waals surface area (Å²) in [6, 6.07) is 14.4. The van der Waals surface area contributed by atoms with Gasteiger partial charge in [-0.15, -0.1) is 0 Å². The number of Topliss-reactive ketones (excluding diaryl/α,β-unsaturated/α-hetero) is 1. The number of aliphatic carboxylic acids is 1. The van der Waals surface area contributed by atoms with Crippen molar-refractivity contribution in [2.24, 2.45) is 0 Å². The number of carboxylic acids is 1. The van der Waals surface area contributed by atoms with E-state index in [1.54, 1.807) is 54.6 Å². The Labute approximate surface area is 156 Å². The predicted octanol–water partition coefficient (Wildman–Crippen LogP) is 3.04. The molecule has 0 heterocycles. The van der Waals surface area contributed by atoms with Gasteiger partial charge in [-0.05, 0) is 12.5 Å². The van der Waals surface area contributed by atoms with Crippen LogP contribution >= 0.6 is 0 Å². The van der Waals surface area contributed by atoms with Crippen LogP contribution in [0.1, 0.15) is 28.8 Å². The minimum absolute atomic E-state index is 0.00618. The van der Waals surface area contributed by atoms with Gasteiger partial charge in [0.2, 0.25) is 0 Å². The van der Waals surface area contributed by atoms with E-state index in [9.17, 15) is 19.5 Å². The highest BCUT2D eigenvalue weighted by atomic mass is 16.5. The Hall–Kier alpha value is -3.35. The molecular formula is C20H21NO6. The molecule has 2 N–H and O–H groups in total. The lowest BCUT2D eigenvalue weighted by molar-refractivity contribution is -0.139. The van der Waals surface area contributed by atoms with Gasteiger partial charge in [0.05, 0.1) is 7.11 Å². The summed E-state index contributed by atoms with van der Waals surface area (Å²) in [5.41, 5.74) is 1.15. The van der Waals surface area contributed by atoms with E-state index in [0.29, 0.717) is 16.9 Å². The second-order valence-electron chi connectivity index (χ2n) is 5.75. The number of para-hydroxylation sites is 1. The van der Waals surface area contributed by atoms with Gasteiger partial charge in [-0.3, -0.25) is 4.79 Å². The van der Waals surface area contributed by atoms with Gasteiger partial charge in [-0.1, -0.05) is 48.5 Å². The van der Waals surface area contributed by atoms with Gasteiger partial charge in [-0.2, -0.15) is 0 Å². The SMILES string of the molecule is COc1ccccc1COC(=O)NC(CCC(=O)c1ccccc1)C(=O)O. The molecule has 1 amide bonds. The number of benzene rings is 2. The van der Waals surface area contributed by atoms with E-state index in [2.05, 4.69) is 5.32 Å². The first-order valence-corrected chi connectivity index (χ1v) is 8.37. The Morgan fingerprint density at radius 3 is 2.37 bits per heavy atom. The van der Waals surface area contributed by atoms with Crippen LogP contribution in [0.2, 0.25) is 0 Å². The number of hydrogen-bond acceptors (Lipinski definition) is 5. The molecule has 2 aromatic carbocycles. The molecule has 0 bridgehead atoms. The molecule has 0 aromatic heterocycles. The molecule has 142 valence electrons. The Morgan fingerprint density at radius 1 is 1.04 bits per heavy atom. The van der Waals surface area contributed by atoms with Crippen LogP contribution in [0.3, 0.4) is 0 Å². The number of alkyl carbamates (subject to hydrolysis) is 1. The monoisotopic (exact) mass is 371 g/mol. The van der Waals surface area contributed by atoms with Crippen LogP contribution in [0.15, 0.2) is 54.6 Å². The minimum atomic E-state index is -1.23. The van der Waals surface area contributed by atoms with Gasteiger partial charge in [0.25, 0.3) is 0 Å². The molecule has 0 radical (unpaired) electrons. The number of carbonyl (C=O) groups excluding carboxylic acids is 2. The fraction of sp³-hybridized carbons (Fsp3) is 0.250. The van der Waals surface area contributed by atoms with Gasteiger partial charge in [0.1, 0.15) is 18.4 Å². The van der Waals surface area contributed by atoms with Crippen molar-refractivity contribution >= 4 is 17.8 Å². The van der Waals surface area contributed by atoms with Crippen LogP contribution in [-0.2, 0) is 16.1 Å². The molecule has 2 rings (SSSR count). The number of carboxylic acid groups (broad SMARTS) is 1. The normalized spacial score (nSPS) is 11.3. The molecule has 1 unspecified atom stereocenters. The average Bonchev–Trinajstić information content (AvgIpc) is 2.69. The number of rotatable bonds is 9. The Balaban J connectivity index is 1.86. The van der Waals surface area contributed by atoms with Crippen LogP contribution in [0.25, 0.3) is 0 Å². The summed E-state index contributed by atoms with van der Waals surface area (Å²) in [6.07, 6.45) is -0.916. The summed E-state index contributed by atoms with van der Waals surface area (Å²) in [4.78, 5) is 35.4. The second-order valence-corrected chi connectivity index (χ2v) is 5.75. The first kappa shape index (κ1) is 20.0. The molecule has 0 spiro atoms. The summed E-state index contributed by atoms with van der Waals surface area (Å²) >= 11 is 0. The summed E-state index contributed by atoms with van der Waals surface area (Å²) < 4.78 is 10.2. The lowest BCUT2D eigenvalue weighted by Crippen LogP contribution is -2.41. The van der Waals surface area contributed by atoms with Crippen LogP contribution in [0, 0.1) is 0 Å². The summed E-state index contributed by atoms with van der Waals surface area (Å²) in [5, 5.41) is 11.5. The number of ketones is 1. The maximum absolute atomic E-state index is 12.1. The number of nitrogens with one attached hydrogen (secondary N) is 1. The van der Waals surface area contributed by atoms with Gasteiger partial charge < -0.3 is 19.9 Å². The van der Waals surface area contributed by atoms with Crippen molar-refractivity contribution in [3.05, 3.63) is 65.7 Å². The maximum Gasteiger partial charge on any atom is 0.408 e. The number of ether oxygens (including phenoxy) is 2. The molecule has 2 aromatic rings. The highest BCUT2D eigenvalue weighted by molar-refractivity contribution is 5.96. The molecule has 0 aliphatic carbocycles. The van der Waals surface area contributed by atoms with E-state index in [0.717, 1.165) is 0 Å². The number of hydrogen-bond donors (Lipinski definition) is 2. The molecule has 7 heteroatoms. The van der Waals surface area contributed by atoms with Crippen molar-refractivity contribution in [3.63, 3.8) is 0 Å². The molecule has 27 heavy (non-hydrogen) atoms. The molecule has 1 atom stereocenters. The van der Waals surface area contributed by atoms with Gasteiger partial charge in [0, 0.05) is 17.5 Å². The predicted molar refractivity (Wildman–Crippen MR) is 97.7 cm³/mol.